The molecule has 2 aliphatic rings. The minimum absolute atomic E-state index is 0.0727. The average Bonchev–Trinajstić information content (AvgIpc) is 2.47. The van der Waals surface area contributed by atoms with E-state index in [0.29, 0.717) is 5.91 Å². The third kappa shape index (κ3) is 2.77. The highest BCUT2D eigenvalue weighted by Gasteiger charge is 2.35. The van der Waals surface area contributed by atoms with Crippen LogP contribution in [-0.2, 0) is 4.79 Å². The number of aliphatic hydroxyl groups is 1. The van der Waals surface area contributed by atoms with Crippen molar-refractivity contribution in [1.82, 2.24) is 4.90 Å². The van der Waals surface area contributed by atoms with Crippen molar-refractivity contribution >= 4 is 5.91 Å². The molecule has 0 bridgehead atoms. The summed E-state index contributed by atoms with van der Waals surface area (Å²) in [5, 5.41) is 9.50. The van der Waals surface area contributed by atoms with E-state index >= 15 is 0 Å². The van der Waals surface area contributed by atoms with Gasteiger partial charge in [0.15, 0.2) is 0 Å². The van der Waals surface area contributed by atoms with Crippen molar-refractivity contribution in [2.24, 2.45) is 11.3 Å². The first-order valence-corrected chi connectivity index (χ1v) is 7.25. The summed E-state index contributed by atoms with van der Waals surface area (Å²) >= 11 is 0. The van der Waals surface area contributed by atoms with Crippen LogP contribution < -0.4 is 0 Å². The molecule has 0 saturated carbocycles. The lowest BCUT2D eigenvalue weighted by Gasteiger charge is -2.41. The van der Waals surface area contributed by atoms with E-state index in [1.165, 1.54) is 0 Å². The molecule has 1 aliphatic heterocycles. The number of aliphatic hydroxyl groups excluding tert-OH is 1. The highest BCUT2D eigenvalue weighted by Crippen LogP contribution is 2.35. The van der Waals surface area contributed by atoms with Crippen molar-refractivity contribution in [1.29, 1.82) is 0 Å². The van der Waals surface area contributed by atoms with Crippen LogP contribution in [-0.4, -0.2) is 35.6 Å². The molecule has 0 spiro atoms. The minimum atomic E-state index is 0.0727. The van der Waals surface area contributed by atoms with Crippen LogP contribution in [0.2, 0.25) is 0 Å². The summed E-state index contributed by atoms with van der Waals surface area (Å²) in [6.45, 7) is 4.05. The highest BCUT2D eigenvalue weighted by atomic mass is 16.3. The summed E-state index contributed by atoms with van der Waals surface area (Å²) in [6.07, 6.45) is 10.2. The van der Waals surface area contributed by atoms with Crippen LogP contribution in [0.5, 0.6) is 0 Å². The fourth-order valence-corrected chi connectivity index (χ4v) is 3.10. The van der Waals surface area contributed by atoms with Crippen molar-refractivity contribution in [2.45, 2.75) is 45.4 Å². The molecule has 1 amide bonds. The molecule has 1 saturated heterocycles. The maximum absolute atomic E-state index is 12.4. The lowest BCUT2D eigenvalue weighted by molar-refractivity contribution is -0.138. The average molecular weight is 251 g/mol. The monoisotopic (exact) mass is 251 g/mol. The normalized spacial score (nSPS) is 27.2. The van der Waals surface area contributed by atoms with Crippen LogP contribution in [0.3, 0.4) is 0 Å². The van der Waals surface area contributed by atoms with E-state index in [9.17, 15) is 9.90 Å². The third-order valence-electron chi connectivity index (χ3n) is 4.84. The number of amides is 1. The standard InChI is InChI=1S/C15H25NO2/c1-2-15(12-17)8-10-16(11-9-15)14(18)13-6-4-3-5-7-13/h3-4,13,17H,2,5-12H2,1H3. The number of likely N-dealkylation sites (tertiary alicyclic amines) is 1. The maximum Gasteiger partial charge on any atom is 0.226 e. The molecule has 102 valence electrons. The van der Waals surface area contributed by atoms with Crippen LogP contribution in [0.25, 0.3) is 0 Å². The fourth-order valence-electron chi connectivity index (χ4n) is 3.10. The van der Waals surface area contributed by atoms with Crippen molar-refractivity contribution in [2.75, 3.05) is 19.7 Å². The Morgan fingerprint density at radius 1 is 1.39 bits per heavy atom. The highest BCUT2D eigenvalue weighted by molar-refractivity contribution is 5.79. The van der Waals surface area contributed by atoms with Crippen molar-refractivity contribution in [3.8, 4) is 0 Å². The summed E-state index contributed by atoms with van der Waals surface area (Å²) in [7, 11) is 0. The van der Waals surface area contributed by atoms with Crippen LogP contribution in [0, 0.1) is 11.3 Å². The van der Waals surface area contributed by atoms with Crippen molar-refractivity contribution in [3.63, 3.8) is 0 Å². The van der Waals surface area contributed by atoms with Gasteiger partial charge in [0, 0.05) is 25.6 Å². The van der Waals surface area contributed by atoms with E-state index < -0.39 is 0 Å². The third-order valence-corrected chi connectivity index (χ3v) is 4.84. The summed E-state index contributed by atoms with van der Waals surface area (Å²) in [4.78, 5) is 14.4. The number of rotatable bonds is 3. The first-order valence-electron chi connectivity index (χ1n) is 7.25. The predicted molar refractivity (Wildman–Crippen MR) is 72.1 cm³/mol. The Labute approximate surface area is 110 Å². The lowest BCUT2D eigenvalue weighted by Crippen LogP contribution is -2.46. The molecule has 2 rings (SSSR count). The molecular formula is C15H25NO2. The molecule has 3 heteroatoms. The van der Waals surface area contributed by atoms with Gasteiger partial charge in [0.25, 0.3) is 0 Å². The van der Waals surface area contributed by atoms with Crippen molar-refractivity contribution < 1.29 is 9.90 Å². The molecule has 1 heterocycles. The van der Waals surface area contributed by atoms with Gasteiger partial charge in [-0.3, -0.25) is 4.79 Å². The zero-order valence-electron chi connectivity index (χ0n) is 11.4. The number of allylic oxidation sites excluding steroid dienone is 2. The Morgan fingerprint density at radius 2 is 2.11 bits per heavy atom. The SMILES string of the molecule is CCC1(CO)CCN(C(=O)C2CC=CCC2)CC1. The van der Waals surface area contributed by atoms with E-state index in [1.807, 2.05) is 4.90 Å². The number of carbonyl (C=O) groups is 1. The molecule has 1 unspecified atom stereocenters. The zero-order chi connectivity index (χ0) is 13.0. The fraction of sp³-hybridized carbons (Fsp3) is 0.800. The largest absolute Gasteiger partial charge is 0.396 e. The van der Waals surface area contributed by atoms with Gasteiger partial charge in [-0.2, -0.15) is 0 Å². The Bertz CT molecular complexity index is 310. The van der Waals surface area contributed by atoms with Gasteiger partial charge in [-0.15, -0.1) is 0 Å². The lowest BCUT2D eigenvalue weighted by atomic mass is 9.76. The smallest absolute Gasteiger partial charge is 0.226 e. The van der Waals surface area contributed by atoms with Gasteiger partial charge in [-0.1, -0.05) is 19.1 Å². The number of nitrogens with zero attached hydrogens (tertiary/aromatic N) is 1. The second-order valence-electron chi connectivity index (χ2n) is 5.82. The summed E-state index contributed by atoms with van der Waals surface area (Å²) in [5.74, 6) is 0.542. The Morgan fingerprint density at radius 3 is 2.61 bits per heavy atom. The summed E-state index contributed by atoms with van der Waals surface area (Å²) < 4.78 is 0. The van der Waals surface area contributed by atoms with Crippen LogP contribution >= 0.6 is 0 Å². The summed E-state index contributed by atoms with van der Waals surface area (Å²) in [5.41, 5.74) is 0.0727. The molecule has 0 radical (unpaired) electrons. The first-order chi connectivity index (χ1) is 8.71. The zero-order valence-corrected chi connectivity index (χ0v) is 11.4. The minimum Gasteiger partial charge on any atom is -0.396 e. The Balaban J connectivity index is 1.89. The van der Waals surface area contributed by atoms with E-state index in [2.05, 4.69) is 19.1 Å². The van der Waals surface area contributed by atoms with Crippen LogP contribution in [0.15, 0.2) is 12.2 Å². The molecule has 1 fully saturated rings. The molecule has 0 aromatic rings. The Hall–Kier alpha value is -0.830. The van der Waals surface area contributed by atoms with Gasteiger partial charge < -0.3 is 10.0 Å². The van der Waals surface area contributed by atoms with E-state index in [-0.39, 0.29) is 17.9 Å². The molecular weight excluding hydrogens is 226 g/mol. The molecule has 0 aromatic heterocycles. The van der Waals surface area contributed by atoms with E-state index in [1.54, 1.807) is 0 Å². The van der Waals surface area contributed by atoms with E-state index in [4.69, 9.17) is 0 Å². The topological polar surface area (TPSA) is 40.5 Å². The summed E-state index contributed by atoms with van der Waals surface area (Å²) in [6, 6.07) is 0. The quantitative estimate of drug-likeness (QED) is 0.782. The van der Waals surface area contributed by atoms with Crippen LogP contribution in [0.4, 0.5) is 0 Å². The maximum atomic E-state index is 12.4. The van der Waals surface area contributed by atoms with Gasteiger partial charge in [0.1, 0.15) is 0 Å². The van der Waals surface area contributed by atoms with Gasteiger partial charge >= 0.3 is 0 Å². The molecule has 18 heavy (non-hydrogen) atoms. The number of hydrogen-bond donors (Lipinski definition) is 1. The molecule has 3 nitrogen and oxygen atoms in total. The van der Waals surface area contributed by atoms with Crippen molar-refractivity contribution in [3.05, 3.63) is 12.2 Å². The number of hydrogen-bond acceptors (Lipinski definition) is 2. The van der Waals surface area contributed by atoms with Gasteiger partial charge in [0.05, 0.1) is 0 Å². The predicted octanol–water partition coefficient (Wildman–Crippen LogP) is 2.35. The number of carbonyl (C=O) groups excluding carboxylic acids is 1. The van der Waals surface area contributed by atoms with Crippen LogP contribution in [0.1, 0.15) is 45.4 Å². The Kier molecular flexibility index (Phi) is 4.44. The molecule has 0 aromatic carbocycles. The second kappa shape index (κ2) is 5.87. The molecule has 1 N–H and O–H groups in total. The molecule has 1 atom stereocenters. The van der Waals surface area contributed by atoms with Gasteiger partial charge in [-0.05, 0) is 43.9 Å². The second-order valence-corrected chi connectivity index (χ2v) is 5.82. The molecule has 1 aliphatic carbocycles. The van der Waals surface area contributed by atoms with Gasteiger partial charge in [0.2, 0.25) is 5.91 Å². The first kappa shape index (κ1) is 13.6. The number of piperidine rings is 1. The van der Waals surface area contributed by atoms with E-state index in [0.717, 1.165) is 51.6 Å². The van der Waals surface area contributed by atoms with Gasteiger partial charge in [-0.25, -0.2) is 0 Å².